The van der Waals surface area contributed by atoms with Gasteiger partial charge in [-0.05, 0) is 71.9 Å². The van der Waals surface area contributed by atoms with Crippen molar-refractivity contribution >= 4 is 50.5 Å². The Bertz CT molecular complexity index is 1380. The SMILES string of the molecule is COC(=O)C1(C#N)CCN(c2ccc3nc(NC(=O)c4c(F)cccc4Br)n(C4CCCC4)c3c2)CC1. The van der Waals surface area contributed by atoms with E-state index in [1.54, 1.807) is 6.07 Å². The number of anilines is 2. The summed E-state index contributed by atoms with van der Waals surface area (Å²) in [5.74, 6) is -1.26. The van der Waals surface area contributed by atoms with Crippen LogP contribution in [0.1, 0.15) is 54.9 Å². The summed E-state index contributed by atoms with van der Waals surface area (Å²) in [6.45, 7) is 1.08. The van der Waals surface area contributed by atoms with Crippen LogP contribution in [0.5, 0.6) is 0 Å². The van der Waals surface area contributed by atoms with Gasteiger partial charge in [-0.15, -0.1) is 0 Å². The lowest BCUT2D eigenvalue weighted by molar-refractivity contribution is -0.150. The number of halogens is 2. The maximum Gasteiger partial charge on any atom is 0.326 e. The summed E-state index contributed by atoms with van der Waals surface area (Å²) in [5.41, 5.74) is 1.40. The maximum atomic E-state index is 14.4. The Morgan fingerprint density at radius 1 is 1.22 bits per heavy atom. The van der Waals surface area contributed by atoms with Gasteiger partial charge in [0.25, 0.3) is 5.91 Å². The number of fused-ring (bicyclic) bond motifs is 1. The van der Waals surface area contributed by atoms with Gasteiger partial charge in [-0.1, -0.05) is 18.9 Å². The molecular formula is C27H27BrFN5O3. The lowest BCUT2D eigenvalue weighted by Gasteiger charge is -2.36. The van der Waals surface area contributed by atoms with Crippen LogP contribution in [0.3, 0.4) is 0 Å². The zero-order chi connectivity index (χ0) is 26.2. The van der Waals surface area contributed by atoms with E-state index in [-0.39, 0.29) is 11.6 Å². The third-order valence-corrected chi connectivity index (χ3v) is 8.21. The lowest BCUT2D eigenvalue weighted by Crippen LogP contribution is -2.44. The zero-order valence-corrected chi connectivity index (χ0v) is 22.1. The molecule has 0 spiro atoms. The first-order valence-corrected chi connectivity index (χ1v) is 13.2. The van der Waals surface area contributed by atoms with E-state index < -0.39 is 23.1 Å². The van der Waals surface area contributed by atoms with Gasteiger partial charge in [0, 0.05) is 29.3 Å². The summed E-state index contributed by atoms with van der Waals surface area (Å²) in [6.07, 6.45) is 4.88. The summed E-state index contributed by atoms with van der Waals surface area (Å²) < 4.78 is 21.8. The molecule has 2 aliphatic rings. The van der Waals surface area contributed by atoms with E-state index in [4.69, 9.17) is 9.72 Å². The molecule has 2 heterocycles. The number of aromatic nitrogens is 2. The quantitative estimate of drug-likeness (QED) is 0.403. The smallest absolute Gasteiger partial charge is 0.326 e. The summed E-state index contributed by atoms with van der Waals surface area (Å²) >= 11 is 3.28. The first-order chi connectivity index (χ1) is 17.9. The zero-order valence-electron chi connectivity index (χ0n) is 20.5. The highest BCUT2D eigenvalue weighted by atomic mass is 79.9. The van der Waals surface area contributed by atoms with Crippen LogP contribution in [0.2, 0.25) is 0 Å². The molecule has 0 atom stereocenters. The minimum absolute atomic E-state index is 0.0619. The molecular weight excluding hydrogens is 541 g/mol. The Hall–Kier alpha value is -3.45. The number of amides is 1. The second kappa shape index (κ2) is 10.1. The average molecular weight is 568 g/mol. The topological polar surface area (TPSA) is 100 Å². The van der Waals surface area contributed by atoms with Gasteiger partial charge >= 0.3 is 5.97 Å². The molecule has 192 valence electrons. The highest BCUT2D eigenvalue weighted by Crippen LogP contribution is 2.39. The van der Waals surface area contributed by atoms with Crippen LogP contribution in [0, 0.1) is 22.6 Å². The number of carbonyl (C=O) groups is 2. The average Bonchev–Trinajstić information content (AvgIpc) is 3.55. The molecule has 1 aliphatic heterocycles. The normalized spacial score (nSPS) is 17.5. The molecule has 1 amide bonds. The van der Waals surface area contributed by atoms with Crippen molar-refractivity contribution < 1.29 is 18.7 Å². The molecule has 0 bridgehead atoms. The molecule has 1 aromatic heterocycles. The molecule has 0 radical (unpaired) electrons. The number of esters is 1. The fourth-order valence-corrected chi connectivity index (χ4v) is 6.00. The molecule has 1 N–H and O–H groups in total. The van der Waals surface area contributed by atoms with Crippen LogP contribution in [-0.2, 0) is 9.53 Å². The van der Waals surface area contributed by atoms with Crippen LogP contribution in [-0.4, -0.2) is 41.6 Å². The number of benzene rings is 2. The molecule has 1 aliphatic carbocycles. The fraction of sp³-hybridized carbons (Fsp3) is 0.407. The molecule has 2 aromatic carbocycles. The highest BCUT2D eigenvalue weighted by molar-refractivity contribution is 9.10. The van der Waals surface area contributed by atoms with Crippen LogP contribution < -0.4 is 10.2 Å². The lowest BCUT2D eigenvalue weighted by atomic mass is 9.79. The van der Waals surface area contributed by atoms with Crippen molar-refractivity contribution in [3.63, 3.8) is 0 Å². The number of nitrogens with zero attached hydrogens (tertiary/aromatic N) is 4. The molecule has 3 aromatic rings. The van der Waals surface area contributed by atoms with E-state index in [1.807, 2.05) is 18.2 Å². The number of ether oxygens (including phenoxy) is 1. The van der Waals surface area contributed by atoms with Gasteiger partial charge in [0.05, 0.1) is 29.8 Å². The number of nitriles is 1. The molecule has 2 fully saturated rings. The van der Waals surface area contributed by atoms with Crippen molar-refractivity contribution in [2.75, 3.05) is 30.4 Å². The van der Waals surface area contributed by atoms with Crippen LogP contribution in [0.25, 0.3) is 11.0 Å². The molecule has 0 unspecified atom stereocenters. The summed E-state index contributed by atoms with van der Waals surface area (Å²) in [4.78, 5) is 32.2. The van der Waals surface area contributed by atoms with Gasteiger partial charge in [0.1, 0.15) is 5.82 Å². The Morgan fingerprint density at radius 3 is 2.59 bits per heavy atom. The molecule has 5 rings (SSSR count). The number of imidazole rings is 1. The van der Waals surface area contributed by atoms with E-state index in [0.29, 0.717) is 36.4 Å². The van der Waals surface area contributed by atoms with E-state index >= 15 is 0 Å². The predicted molar refractivity (Wildman–Crippen MR) is 141 cm³/mol. The van der Waals surface area contributed by atoms with Gasteiger partial charge in [-0.25, -0.2) is 9.37 Å². The Balaban J connectivity index is 1.48. The second-order valence-electron chi connectivity index (χ2n) is 9.64. The van der Waals surface area contributed by atoms with Crippen LogP contribution >= 0.6 is 15.9 Å². The fourth-order valence-electron chi connectivity index (χ4n) is 5.48. The Labute approximate surface area is 222 Å². The van der Waals surface area contributed by atoms with Gasteiger partial charge in [0.2, 0.25) is 5.95 Å². The largest absolute Gasteiger partial charge is 0.468 e. The minimum Gasteiger partial charge on any atom is -0.468 e. The summed E-state index contributed by atoms with van der Waals surface area (Å²) in [6, 6.07) is 12.7. The van der Waals surface area contributed by atoms with Gasteiger partial charge < -0.3 is 14.2 Å². The standard InChI is InChI=1S/C27H27BrFN5O3/c1-37-25(36)27(16-30)11-13-33(14-12-27)18-9-10-21-22(15-18)34(17-5-2-3-6-17)26(31-21)32-24(35)23-19(28)7-4-8-20(23)29/h4,7-10,15,17H,2-3,5-6,11-14H2,1H3,(H,31,32,35). The van der Waals surface area contributed by atoms with E-state index in [1.165, 1.54) is 19.2 Å². The maximum absolute atomic E-state index is 14.4. The van der Waals surface area contributed by atoms with E-state index in [2.05, 4.69) is 36.8 Å². The number of nitrogens with one attached hydrogen (secondary N) is 1. The van der Waals surface area contributed by atoms with Crippen molar-refractivity contribution in [2.45, 2.75) is 44.6 Å². The first-order valence-electron chi connectivity index (χ1n) is 12.4. The predicted octanol–water partition coefficient (Wildman–Crippen LogP) is 5.59. The monoisotopic (exact) mass is 567 g/mol. The Kier molecular flexibility index (Phi) is 6.90. The van der Waals surface area contributed by atoms with Crippen molar-refractivity contribution in [3.05, 3.63) is 52.3 Å². The molecule has 1 saturated carbocycles. The van der Waals surface area contributed by atoms with Gasteiger partial charge in [0.15, 0.2) is 5.41 Å². The van der Waals surface area contributed by atoms with Gasteiger partial charge in [-0.3, -0.25) is 14.9 Å². The minimum atomic E-state index is -1.11. The number of carbonyl (C=O) groups excluding carboxylic acids is 2. The van der Waals surface area contributed by atoms with Crippen molar-refractivity contribution in [2.24, 2.45) is 5.41 Å². The van der Waals surface area contributed by atoms with Gasteiger partial charge in [-0.2, -0.15) is 5.26 Å². The van der Waals surface area contributed by atoms with Crippen LogP contribution in [0.15, 0.2) is 40.9 Å². The molecule has 8 nitrogen and oxygen atoms in total. The van der Waals surface area contributed by atoms with Crippen molar-refractivity contribution in [1.82, 2.24) is 9.55 Å². The van der Waals surface area contributed by atoms with Crippen molar-refractivity contribution in [1.29, 1.82) is 5.26 Å². The number of hydrogen-bond donors (Lipinski definition) is 1. The third kappa shape index (κ3) is 4.57. The third-order valence-electron chi connectivity index (χ3n) is 7.55. The van der Waals surface area contributed by atoms with E-state index in [9.17, 15) is 19.2 Å². The van der Waals surface area contributed by atoms with E-state index in [0.717, 1.165) is 42.4 Å². The number of hydrogen-bond acceptors (Lipinski definition) is 6. The Morgan fingerprint density at radius 2 is 1.95 bits per heavy atom. The highest BCUT2D eigenvalue weighted by Gasteiger charge is 2.43. The number of methoxy groups -OCH3 is 1. The summed E-state index contributed by atoms with van der Waals surface area (Å²) in [7, 11) is 1.31. The number of piperidine rings is 1. The molecule has 37 heavy (non-hydrogen) atoms. The summed E-state index contributed by atoms with van der Waals surface area (Å²) in [5, 5.41) is 12.5. The molecule has 10 heteroatoms. The van der Waals surface area contributed by atoms with Crippen LogP contribution in [0.4, 0.5) is 16.0 Å². The second-order valence-corrected chi connectivity index (χ2v) is 10.5. The number of rotatable bonds is 5. The first kappa shape index (κ1) is 25.2. The van der Waals surface area contributed by atoms with Crippen molar-refractivity contribution in [3.8, 4) is 6.07 Å². The molecule has 1 saturated heterocycles.